The maximum Gasteiger partial charge on any atom is 0.293 e. The number of nitrogens with zero attached hydrogens (tertiary/aromatic N) is 2. The van der Waals surface area contributed by atoms with E-state index in [2.05, 4.69) is 10.6 Å². The molecule has 2 aromatic carbocycles. The maximum atomic E-state index is 12.5. The van der Waals surface area contributed by atoms with Crippen LogP contribution in [-0.2, 0) is 0 Å². The van der Waals surface area contributed by atoms with Crippen molar-refractivity contribution in [2.24, 2.45) is 0 Å². The Balaban J connectivity index is 1.73. The van der Waals surface area contributed by atoms with Crippen LogP contribution in [0.25, 0.3) is 0 Å². The molecule has 1 saturated heterocycles. The average molecular weight is 439 g/mol. The van der Waals surface area contributed by atoms with Gasteiger partial charge in [-0.3, -0.25) is 20.2 Å². The second kappa shape index (κ2) is 8.72. The molecule has 1 amide bonds. The molecular weight excluding hydrogens is 423 g/mol. The fraction of sp³-hybridized carbons (Fsp3) is 0.222. The van der Waals surface area contributed by atoms with Gasteiger partial charge < -0.3 is 10.2 Å². The van der Waals surface area contributed by atoms with Crippen LogP contribution in [-0.4, -0.2) is 29.0 Å². The third kappa shape index (κ3) is 4.89. The van der Waals surface area contributed by atoms with E-state index in [0.29, 0.717) is 21.4 Å². The van der Waals surface area contributed by atoms with E-state index in [1.165, 1.54) is 6.07 Å². The Labute approximate surface area is 176 Å². The average Bonchev–Trinajstić information content (AvgIpc) is 3.14. The first-order chi connectivity index (χ1) is 13.3. The minimum absolute atomic E-state index is 0.0228. The smallest absolute Gasteiger partial charge is 0.293 e. The first-order valence-electron chi connectivity index (χ1n) is 8.45. The summed E-state index contributed by atoms with van der Waals surface area (Å²) >= 11 is 17.0. The summed E-state index contributed by atoms with van der Waals surface area (Å²) in [6.07, 6.45) is 1.99. The number of carbonyl (C=O) groups is 1. The van der Waals surface area contributed by atoms with E-state index in [4.69, 9.17) is 35.4 Å². The number of anilines is 2. The van der Waals surface area contributed by atoms with Crippen molar-refractivity contribution in [2.45, 2.75) is 12.8 Å². The molecule has 0 aliphatic carbocycles. The number of hydrogen-bond donors (Lipinski definition) is 2. The highest BCUT2D eigenvalue weighted by molar-refractivity contribution is 7.80. The van der Waals surface area contributed by atoms with Gasteiger partial charge in [-0.2, -0.15) is 0 Å². The second-order valence-corrected chi connectivity index (χ2v) is 7.50. The van der Waals surface area contributed by atoms with Crippen LogP contribution in [0.4, 0.5) is 17.1 Å². The molecule has 0 aromatic heterocycles. The summed E-state index contributed by atoms with van der Waals surface area (Å²) in [4.78, 5) is 25.4. The van der Waals surface area contributed by atoms with E-state index < -0.39 is 10.8 Å². The zero-order valence-corrected chi connectivity index (χ0v) is 16.9. The van der Waals surface area contributed by atoms with Gasteiger partial charge in [-0.25, -0.2) is 0 Å². The number of hydrogen-bond acceptors (Lipinski definition) is 5. The van der Waals surface area contributed by atoms with Crippen molar-refractivity contribution in [1.82, 2.24) is 5.32 Å². The number of nitro groups is 1. The van der Waals surface area contributed by atoms with Gasteiger partial charge >= 0.3 is 0 Å². The fourth-order valence-corrected chi connectivity index (χ4v) is 3.74. The molecule has 146 valence electrons. The predicted molar refractivity (Wildman–Crippen MR) is 115 cm³/mol. The standard InChI is InChI=1S/C18H16Cl2N4O3S/c19-12-8-13(20)10-14(9-12)21-18(28)22-17(25)11-3-4-15(16(7-11)24(26)27)23-5-1-2-6-23/h3-4,7-10H,1-2,5-6H2,(H2,21,22,25,28). The summed E-state index contributed by atoms with van der Waals surface area (Å²) in [5, 5.41) is 17.6. The third-order valence-corrected chi connectivity index (χ3v) is 4.87. The summed E-state index contributed by atoms with van der Waals surface area (Å²) in [5.74, 6) is -0.554. The predicted octanol–water partition coefficient (Wildman–Crippen LogP) is 4.63. The largest absolute Gasteiger partial charge is 0.366 e. The van der Waals surface area contributed by atoms with Crippen LogP contribution in [0.2, 0.25) is 10.0 Å². The second-order valence-electron chi connectivity index (χ2n) is 6.22. The van der Waals surface area contributed by atoms with Crippen LogP contribution in [0.3, 0.4) is 0 Å². The zero-order chi connectivity index (χ0) is 20.3. The van der Waals surface area contributed by atoms with Crippen LogP contribution in [0.15, 0.2) is 36.4 Å². The first-order valence-corrected chi connectivity index (χ1v) is 9.62. The molecule has 28 heavy (non-hydrogen) atoms. The molecular formula is C18H16Cl2N4O3S. The minimum Gasteiger partial charge on any atom is -0.366 e. The van der Waals surface area contributed by atoms with Crippen LogP contribution in [0.1, 0.15) is 23.2 Å². The van der Waals surface area contributed by atoms with E-state index in [1.807, 2.05) is 4.90 Å². The van der Waals surface area contributed by atoms with Crippen molar-refractivity contribution < 1.29 is 9.72 Å². The normalized spacial score (nSPS) is 13.3. The maximum absolute atomic E-state index is 12.5. The molecule has 0 saturated carbocycles. The Kier molecular flexibility index (Phi) is 6.33. The molecule has 0 spiro atoms. The SMILES string of the molecule is O=C(NC(=S)Nc1cc(Cl)cc(Cl)c1)c1ccc(N2CCCC2)c([N+](=O)[O-])c1. The lowest BCUT2D eigenvalue weighted by molar-refractivity contribution is -0.384. The molecule has 7 nitrogen and oxygen atoms in total. The fourth-order valence-electron chi connectivity index (χ4n) is 3.00. The number of halogens is 2. The molecule has 1 aliphatic rings. The van der Waals surface area contributed by atoms with Crippen molar-refractivity contribution in [2.75, 3.05) is 23.3 Å². The number of nitrogens with one attached hydrogen (secondary N) is 2. The molecule has 0 unspecified atom stereocenters. The summed E-state index contributed by atoms with van der Waals surface area (Å²) in [6, 6.07) is 9.18. The summed E-state index contributed by atoms with van der Waals surface area (Å²) in [6.45, 7) is 1.53. The van der Waals surface area contributed by atoms with Gasteiger partial charge in [0.05, 0.1) is 4.92 Å². The zero-order valence-electron chi connectivity index (χ0n) is 14.6. The molecule has 1 fully saturated rings. The number of amides is 1. The van der Waals surface area contributed by atoms with Gasteiger partial charge in [0.25, 0.3) is 11.6 Å². The first kappa shape index (κ1) is 20.3. The minimum atomic E-state index is -0.554. The lowest BCUT2D eigenvalue weighted by Crippen LogP contribution is -2.34. The molecule has 0 bridgehead atoms. The van der Waals surface area contributed by atoms with Crippen LogP contribution >= 0.6 is 35.4 Å². The van der Waals surface area contributed by atoms with Gasteiger partial charge in [-0.1, -0.05) is 23.2 Å². The van der Waals surface area contributed by atoms with Gasteiger partial charge in [0.2, 0.25) is 0 Å². The van der Waals surface area contributed by atoms with E-state index in [1.54, 1.807) is 30.3 Å². The number of nitro benzene ring substituents is 1. The summed E-state index contributed by atoms with van der Waals surface area (Å²) < 4.78 is 0. The van der Waals surface area contributed by atoms with Crippen LogP contribution in [0.5, 0.6) is 0 Å². The topological polar surface area (TPSA) is 87.5 Å². The Hall–Kier alpha value is -2.42. The van der Waals surface area contributed by atoms with Crippen molar-refractivity contribution in [3.05, 3.63) is 62.1 Å². The molecule has 10 heteroatoms. The quantitative estimate of drug-likeness (QED) is 0.411. The van der Waals surface area contributed by atoms with E-state index >= 15 is 0 Å². The number of benzene rings is 2. The highest BCUT2D eigenvalue weighted by Crippen LogP contribution is 2.31. The van der Waals surface area contributed by atoms with E-state index in [0.717, 1.165) is 25.9 Å². The van der Waals surface area contributed by atoms with Crippen LogP contribution in [0, 0.1) is 10.1 Å². The monoisotopic (exact) mass is 438 g/mol. The Morgan fingerprint density at radius 1 is 1.11 bits per heavy atom. The Bertz CT molecular complexity index is 928. The molecule has 0 atom stereocenters. The van der Waals surface area contributed by atoms with E-state index in [-0.39, 0.29) is 16.4 Å². The van der Waals surface area contributed by atoms with Gasteiger partial charge in [-0.15, -0.1) is 0 Å². The molecule has 1 aliphatic heterocycles. The molecule has 2 aromatic rings. The van der Waals surface area contributed by atoms with Crippen molar-refractivity contribution in [1.29, 1.82) is 0 Å². The van der Waals surface area contributed by atoms with Crippen molar-refractivity contribution >= 4 is 63.5 Å². The lowest BCUT2D eigenvalue weighted by Gasteiger charge is -2.18. The molecule has 0 radical (unpaired) electrons. The van der Waals surface area contributed by atoms with Gasteiger partial charge in [0.1, 0.15) is 5.69 Å². The van der Waals surface area contributed by atoms with Gasteiger partial charge in [-0.05, 0) is 55.4 Å². The van der Waals surface area contributed by atoms with Gasteiger partial charge in [0.15, 0.2) is 5.11 Å². The Morgan fingerprint density at radius 2 is 1.75 bits per heavy atom. The molecule has 3 rings (SSSR count). The number of rotatable bonds is 4. The number of carbonyl (C=O) groups excluding carboxylic acids is 1. The highest BCUT2D eigenvalue weighted by atomic mass is 35.5. The summed E-state index contributed by atoms with van der Waals surface area (Å²) in [7, 11) is 0. The van der Waals surface area contributed by atoms with Crippen molar-refractivity contribution in [3.63, 3.8) is 0 Å². The number of thiocarbonyl (C=S) groups is 1. The molecule has 1 heterocycles. The summed E-state index contributed by atoms with van der Waals surface area (Å²) in [5.41, 5.74) is 1.07. The lowest BCUT2D eigenvalue weighted by atomic mass is 10.1. The third-order valence-electron chi connectivity index (χ3n) is 4.23. The van der Waals surface area contributed by atoms with Crippen LogP contribution < -0.4 is 15.5 Å². The molecule has 2 N–H and O–H groups in total. The Morgan fingerprint density at radius 3 is 2.36 bits per heavy atom. The highest BCUT2D eigenvalue weighted by Gasteiger charge is 2.24. The van der Waals surface area contributed by atoms with E-state index in [9.17, 15) is 14.9 Å². The van der Waals surface area contributed by atoms with Gasteiger partial charge in [0, 0.05) is 40.5 Å². The van der Waals surface area contributed by atoms with Crippen molar-refractivity contribution in [3.8, 4) is 0 Å².